The fraction of sp³-hybridized carbons (Fsp3) is 0.913. The van der Waals surface area contributed by atoms with E-state index in [0.29, 0.717) is 6.10 Å². The average molecular weight is 369 g/mol. The Hall–Kier alpha value is -0.380. The summed E-state index contributed by atoms with van der Waals surface area (Å²) in [5.74, 6) is 0. The predicted octanol–water partition coefficient (Wildman–Crippen LogP) is 6.80. The summed E-state index contributed by atoms with van der Waals surface area (Å²) in [7, 11) is 1.78. The highest BCUT2D eigenvalue weighted by Gasteiger charge is 2.18. The SMILES string of the molecule is CCCCCCC(C/C=C\CCCCCCCOC)O[C@@H]1CCCCO1. The molecule has 0 aromatic carbocycles. The fourth-order valence-corrected chi connectivity index (χ4v) is 3.48. The summed E-state index contributed by atoms with van der Waals surface area (Å²) < 4.78 is 17.1. The minimum Gasteiger partial charge on any atom is -0.385 e. The van der Waals surface area contributed by atoms with Crippen molar-refractivity contribution in [3.05, 3.63) is 12.2 Å². The predicted molar refractivity (Wildman–Crippen MR) is 111 cm³/mol. The number of ether oxygens (including phenoxy) is 3. The van der Waals surface area contributed by atoms with Crippen LogP contribution in [0.3, 0.4) is 0 Å². The zero-order valence-corrected chi connectivity index (χ0v) is 17.6. The van der Waals surface area contributed by atoms with Crippen LogP contribution in [0.4, 0.5) is 0 Å². The molecule has 0 radical (unpaired) electrons. The summed E-state index contributed by atoms with van der Waals surface area (Å²) in [4.78, 5) is 0. The lowest BCUT2D eigenvalue weighted by Gasteiger charge is -2.27. The molecule has 1 unspecified atom stereocenters. The van der Waals surface area contributed by atoms with Gasteiger partial charge in [-0.2, -0.15) is 0 Å². The molecular formula is C23H44O3. The normalized spacial score (nSPS) is 19.2. The molecule has 3 nitrogen and oxygen atoms in total. The van der Waals surface area contributed by atoms with E-state index in [2.05, 4.69) is 19.1 Å². The summed E-state index contributed by atoms with van der Waals surface area (Å²) in [5.41, 5.74) is 0. The van der Waals surface area contributed by atoms with Crippen LogP contribution in [-0.4, -0.2) is 32.7 Å². The van der Waals surface area contributed by atoms with Gasteiger partial charge in [-0.1, -0.05) is 64.0 Å². The van der Waals surface area contributed by atoms with Crippen molar-refractivity contribution < 1.29 is 14.2 Å². The molecule has 1 heterocycles. The molecule has 0 aromatic heterocycles. The zero-order chi connectivity index (χ0) is 18.7. The molecule has 1 saturated heterocycles. The Kier molecular flexibility index (Phi) is 16.4. The Morgan fingerprint density at radius 2 is 1.77 bits per heavy atom. The maximum Gasteiger partial charge on any atom is 0.157 e. The average Bonchev–Trinajstić information content (AvgIpc) is 2.67. The Balaban J connectivity index is 2.14. The second-order valence-electron chi connectivity index (χ2n) is 7.66. The van der Waals surface area contributed by atoms with Crippen LogP contribution in [0.25, 0.3) is 0 Å². The van der Waals surface area contributed by atoms with E-state index >= 15 is 0 Å². The summed E-state index contributed by atoms with van der Waals surface area (Å²) in [6.07, 6.45) is 23.7. The van der Waals surface area contributed by atoms with E-state index in [1.165, 1.54) is 83.5 Å². The van der Waals surface area contributed by atoms with Crippen molar-refractivity contribution in [3.63, 3.8) is 0 Å². The van der Waals surface area contributed by atoms with Gasteiger partial charge in [0.05, 0.1) is 6.10 Å². The van der Waals surface area contributed by atoms with Gasteiger partial charge in [-0.05, 0) is 51.4 Å². The molecule has 0 aliphatic carbocycles. The third kappa shape index (κ3) is 13.8. The molecule has 0 N–H and O–H groups in total. The van der Waals surface area contributed by atoms with Gasteiger partial charge in [-0.3, -0.25) is 0 Å². The van der Waals surface area contributed by atoms with Crippen molar-refractivity contribution in [2.75, 3.05) is 20.3 Å². The summed E-state index contributed by atoms with van der Waals surface area (Å²) >= 11 is 0. The molecule has 0 amide bonds. The smallest absolute Gasteiger partial charge is 0.157 e. The molecule has 0 aromatic rings. The van der Waals surface area contributed by atoms with Crippen molar-refractivity contribution in [1.82, 2.24) is 0 Å². The van der Waals surface area contributed by atoms with Crippen LogP contribution in [0.1, 0.15) is 103 Å². The molecule has 154 valence electrons. The van der Waals surface area contributed by atoms with E-state index in [0.717, 1.165) is 26.1 Å². The first kappa shape index (κ1) is 23.7. The molecule has 3 heteroatoms. The highest BCUT2D eigenvalue weighted by atomic mass is 16.7. The maximum absolute atomic E-state index is 6.27. The molecule has 1 aliphatic rings. The molecule has 1 fully saturated rings. The highest BCUT2D eigenvalue weighted by Crippen LogP contribution is 2.20. The van der Waals surface area contributed by atoms with Crippen LogP contribution >= 0.6 is 0 Å². The molecule has 0 saturated carbocycles. The first-order valence-electron chi connectivity index (χ1n) is 11.3. The lowest BCUT2D eigenvalue weighted by atomic mass is 10.1. The van der Waals surface area contributed by atoms with Crippen LogP contribution < -0.4 is 0 Å². The number of allylic oxidation sites excluding steroid dienone is 1. The number of rotatable bonds is 17. The lowest BCUT2D eigenvalue weighted by Crippen LogP contribution is -2.27. The summed E-state index contributed by atoms with van der Waals surface area (Å²) in [6.45, 7) is 4.04. The zero-order valence-electron chi connectivity index (χ0n) is 17.6. The maximum atomic E-state index is 6.27. The van der Waals surface area contributed by atoms with Gasteiger partial charge in [-0.25, -0.2) is 0 Å². The molecule has 0 spiro atoms. The van der Waals surface area contributed by atoms with E-state index in [-0.39, 0.29) is 6.29 Å². The fourth-order valence-electron chi connectivity index (χ4n) is 3.48. The van der Waals surface area contributed by atoms with E-state index in [1.807, 2.05) is 0 Å². The summed E-state index contributed by atoms with van der Waals surface area (Å²) in [5, 5.41) is 0. The van der Waals surface area contributed by atoms with Crippen LogP contribution in [0.15, 0.2) is 12.2 Å². The number of unbranched alkanes of at least 4 members (excludes halogenated alkanes) is 8. The lowest BCUT2D eigenvalue weighted by molar-refractivity contribution is -0.188. The molecule has 26 heavy (non-hydrogen) atoms. The first-order valence-corrected chi connectivity index (χ1v) is 11.3. The minimum atomic E-state index is 0.0421. The Morgan fingerprint density at radius 1 is 0.962 bits per heavy atom. The monoisotopic (exact) mass is 368 g/mol. The molecule has 1 aliphatic heterocycles. The number of hydrogen-bond donors (Lipinski definition) is 0. The third-order valence-corrected chi connectivity index (χ3v) is 5.15. The topological polar surface area (TPSA) is 27.7 Å². The van der Waals surface area contributed by atoms with Gasteiger partial charge < -0.3 is 14.2 Å². The quantitative estimate of drug-likeness (QED) is 0.209. The Labute approximate surface area is 162 Å². The Morgan fingerprint density at radius 3 is 2.54 bits per heavy atom. The van der Waals surface area contributed by atoms with Gasteiger partial charge in [-0.15, -0.1) is 0 Å². The van der Waals surface area contributed by atoms with Crippen molar-refractivity contribution in [2.24, 2.45) is 0 Å². The Bertz CT molecular complexity index is 311. The third-order valence-electron chi connectivity index (χ3n) is 5.15. The van der Waals surface area contributed by atoms with E-state index in [9.17, 15) is 0 Å². The van der Waals surface area contributed by atoms with Crippen LogP contribution in [0, 0.1) is 0 Å². The van der Waals surface area contributed by atoms with Crippen molar-refractivity contribution in [3.8, 4) is 0 Å². The van der Waals surface area contributed by atoms with E-state index < -0.39 is 0 Å². The van der Waals surface area contributed by atoms with Crippen molar-refractivity contribution in [2.45, 2.75) is 116 Å². The van der Waals surface area contributed by atoms with Gasteiger partial charge in [0.25, 0.3) is 0 Å². The van der Waals surface area contributed by atoms with Gasteiger partial charge in [0.15, 0.2) is 6.29 Å². The molecule has 0 bridgehead atoms. The molecule has 1 rings (SSSR count). The first-order chi connectivity index (χ1) is 12.9. The summed E-state index contributed by atoms with van der Waals surface area (Å²) in [6, 6.07) is 0. The standard InChI is InChI=1S/C23H44O3/c1-3-4-5-12-17-22(26-23-19-14-16-21-25-23)18-13-10-8-6-7-9-11-15-20-24-2/h10,13,22-23H,3-9,11-12,14-21H2,1-2H3/b13-10-/t22?,23-/m1/s1. The largest absolute Gasteiger partial charge is 0.385 e. The minimum absolute atomic E-state index is 0.0421. The van der Waals surface area contributed by atoms with Gasteiger partial charge in [0, 0.05) is 20.3 Å². The molecule has 2 atom stereocenters. The van der Waals surface area contributed by atoms with Gasteiger partial charge >= 0.3 is 0 Å². The highest BCUT2D eigenvalue weighted by molar-refractivity contribution is 4.85. The second-order valence-corrected chi connectivity index (χ2v) is 7.66. The van der Waals surface area contributed by atoms with Crippen LogP contribution in [0.2, 0.25) is 0 Å². The van der Waals surface area contributed by atoms with Gasteiger partial charge in [0.1, 0.15) is 0 Å². The van der Waals surface area contributed by atoms with E-state index in [4.69, 9.17) is 14.2 Å². The van der Waals surface area contributed by atoms with Crippen LogP contribution in [-0.2, 0) is 14.2 Å². The number of methoxy groups -OCH3 is 1. The van der Waals surface area contributed by atoms with Crippen molar-refractivity contribution in [1.29, 1.82) is 0 Å². The van der Waals surface area contributed by atoms with Crippen molar-refractivity contribution >= 4 is 0 Å². The van der Waals surface area contributed by atoms with Crippen LogP contribution in [0.5, 0.6) is 0 Å². The van der Waals surface area contributed by atoms with Gasteiger partial charge in [0.2, 0.25) is 0 Å². The molecular weight excluding hydrogens is 324 g/mol. The number of hydrogen-bond acceptors (Lipinski definition) is 3. The van der Waals surface area contributed by atoms with E-state index in [1.54, 1.807) is 7.11 Å². The second kappa shape index (κ2) is 18.0.